The molecule has 0 saturated heterocycles. The third-order valence-corrected chi connectivity index (χ3v) is 4.56. The first-order valence-corrected chi connectivity index (χ1v) is 8.01. The first-order chi connectivity index (χ1) is 11.6. The number of carbonyl (C=O) groups is 1. The summed E-state index contributed by atoms with van der Waals surface area (Å²) in [4.78, 5) is 21.6. The molecular weight excluding hydrogens is 309 g/mol. The van der Waals surface area contributed by atoms with Gasteiger partial charge in [-0.15, -0.1) is 0 Å². The molecule has 0 amide bonds. The number of nitrogens with zero attached hydrogens (tertiary/aromatic N) is 3. The van der Waals surface area contributed by atoms with Crippen molar-refractivity contribution in [2.24, 2.45) is 0 Å². The highest BCUT2D eigenvalue weighted by Gasteiger charge is 2.29. The maximum absolute atomic E-state index is 13.7. The van der Waals surface area contributed by atoms with Crippen molar-refractivity contribution < 1.29 is 14.3 Å². The second-order valence-electron chi connectivity index (χ2n) is 6.15. The molecule has 2 aromatic heterocycles. The zero-order valence-corrected chi connectivity index (χ0v) is 12.9. The highest BCUT2D eigenvalue weighted by Crippen LogP contribution is 2.36. The van der Waals surface area contributed by atoms with Gasteiger partial charge in [-0.2, -0.15) is 0 Å². The van der Waals surface area contributed by atoms with Gasteiger partial charge in [-0.1, -0.05) is 12.8 Å². The topological polar surface area (TPSA) is 67.5 Å². The molecule has 0 unspecified atom stereocenters. The van der Waals surface area contributed by atoms with E-state index < -0.39 is 5.82 Å². The van der Waals surface area contributed by atoms with Gasteiger partial charge in [0.25, 0.3) is 0 Å². The van der Waals surface area contributed by atoms with E-state index >= 15 is 0 Å². The Morgan fingerprint density at radius 1 is 1.21 bits per heavy atom. The average molecular weight is 325 g/mol. The summed E-state index contributed by atoms with van der Waals surface area (Å²) in [5.41, 5.74) is 1.50. The Morgan fingerprint density at radius 3 is 2.62 bits per heavy atom. The molecule has 1 N–H and O–H groups in total. The van der Waals surface area contributed by atoms with Crippen LogP contribution in [0.3, 0.4) is 0 Å². The van der Waals surface area contributed by atoms with Crippen LogP contribution in [0.15, 0.2) is 36.7 Å². The summed E-state index contributed by atoms with van der Waals surface area (Å²) in [6.45, 7) is 0. The lowest BCUT2D eigenvalue weighted by molar-refractivity contribution is 0.103. The maximum atomic E-state index is 13.7. The Hall–Kier alpha value is -2.76. The number of phenolic OH excluding ortho intramolecular Hbond substituents is 1. The van der Waals surface area contributed by atoms with Gasteiger partial charge in [-0.3, -0.25) is 9.20 Å². The highest BCUT2D eigenvalue weighted by atomic mass is 19.1. The summed E-state index contributed by atoms with van der Waals surface area (Å²) in [6.07, 6.45) is 6.52. The van der Waals surface area contributed by atoms with Gasteiger partial charge < -0.3 is 5.11 Å². The predicted octanol–water partition coefficient (Wildman–Crippen LogP) is 3.46. The lowest BCUT2D eigenvalue weighted by Gasteiger charge is -2.09. The van der Waals surface area contributed by atoms with Crippen LogP contribution in [0.2, 0.25) is 0 Å². The van der Waals surface area contributed by atoms with Crippen molar-refractivity contribution in [1.29, 1.82) is 0 Å². The molecule has 1 aliphatic rings. The Bertz CT molecular complexity index is 912. The number of hydrogen-bond acceptors (Lipinski definition) is 4. The molecule has 0 spiro atoms. The van der Waals surface area contributed by atoms with E-state index in [9.17, 15) is 14.3 Å². The van der Waals surface area contributed by atoms with Crippen molar-refractivity contribution in [3.63, 3.8) is 0 Å². The second-order valence-corrected chi connectivity index (χ2v) is 6.15. The van der Waals surface area contributed by atoms with E-state index in [1.807, 2.05) is 0 Å². The minimum absolute atomic E-state index is 0.0911. The average Bonchev–Trinajstić information content (AvgIpc) is 3.21. The van der Waals surface area contributed by atoms with Gasteiger partial charge in [-0.05, 0) is 37.1 Å². The molecule has 0 bridgehead atoms. The minimum atomic E-state index is -0.516. The molecule has 1 fully saturated rings. The Kier molecular flexibility index (Phi) is 3.52. The molecule has 5 nitrogen and oxygen atoms in total. The van der Waals surface area contributed by atoms with E-state index in [2.05, 4.69) is 9.97 Å². The van der Waals surface area contributed by atoms with Crippen LogP contribution in [0, 0.1) is 5.82 Å². The van der Waals surface area contributed by atoms with Gasteiger partial charge in [0.15, 0.2) is 5.82 Å². The van der Waals surface area contributed by atoms with E-state index in [-0.39, 0.29) is 17.5 Å². The summed E-state index contributed by atoms with van der Waals surface area (Å²) in [5, 5.41) is 9.42. The molecule has 1 saturated carbocycles. The molecule has 6 heteroatoms. The van der Waals surface area contributed by atoms with Crippen molar-refractivity contribution in [1.82, 2.24) is 14.4 Å². The summed E-state index contributed by atoms with van der Waals surface area (Å²) >= 11 is 0. The van der Waals surface area contributed by atoms with Crippen LogP contribution in [-0.4, -0.2) is 25.3 Å². The van der Waals surface area contributed by atoms with E-state index in [1.165, 1.54) is 22.7 Å². The molecule has 2 heterocycles. The van der Waals surface area contributed by atoms with Crippen molar-refractivity contribution in [2.45, 2.75) is 31.6 Å². The third-order valence-electron chi connectivity index (χ3n) is 4.56. The van der Waals surface area contributed by atoms with E-state index in [0.717, 1.165) is 31.9 Å². The zero-order valence-electron chi connectivity index (χ0n) is 12.9. The monoisotopic (exact) mass is 325 g/mol. The van der Waals surface area contributed by atoms with Gasteiger partial charge in [-0.25, -0.2) is 14.4 Å². The number of fused-ring (bicyclic) bond motifs is 1. The molecule has 1 aliphatic carbocycles. The lowest BCUT2D eigenvalue weighted by Crippen LogP contribution is -2.10. The number of aromatic nitrogens is 3. The van der Waals surface area contributed by atoms with Crippen LogP contribution in [0.1, 0.15) is 53.3 Å². The number of rotatable bonds is 3. The summed E-state index contributed by atoms with van der Waals surface area (Å²) in [6, 6.07) is 6.04. The van der Waals surface area contributed by atoms with Crippen molar-refractivity contribution in [2.75, 3.05) is 0 Å². The molecule has 0 aliphatic heterocycles. The minimum Gasteiger partial charge on any atom is -0.508 e. The molecule has 0 atom stereocenters. The van der Waals surface area contributed by atoms with Gasteiger partial charge >= 0.3 is 0 Å². The smallest absolute Gasteiger partial charge is 0.234 e. The molecule has 3 aromatic rings. The number of hydrogen-bond donors (Lipinski definition) is 1. The first kappa shape index (κ1) is 14.8. The number of imidazole rings is 1. The summed E-state index contributed by atoms with van der Waals surface area (Å²) < 4.78 is 15.1. The fourth-order valence-electron chi connectivity index (χ4n) is 3.39. The second kappa shape index (κ2) is 5.70. The van der Waals surface area contributed by atoms with Crippen LogP contribution in [0.5, 0.6) is 5.75 Å². The quantitative estimate of drug-likeness (QED) is 0.749. The van der Waals surface area contributed by atoms with Crippen LogP contribution in [0.25, 0.3) is 5.78 Å². The SMILES string of the molecule is O=C(c1ccc(O)cc1)c1c(C2CCCC2)nc2ncc(F)cn12. The highest BCUT2D eigenvalue weighted by molar-refractivity contribution is 6.09. The molecule has 122 valence electrons. The molecule has 0 radical (unpaired) electrons. The zero-order chi connectivity index (χ0) is 16.7. The maximum Gasteiger partial charge on any atom is 0.234 e. The van der Waals surface area contributed by atoms with Gasteiger partial charge in [0, 0.05) is 11.5 Å². The van der Waals surface area contributed by atoms with Gasteiger partial charge in [0.05, 0.1) is 18.1 Å². The Labute approximate surface area is 137 Å². The van der Waals surface area contributed by atoms with Crippen molar-refractivity contribution in [3.05, 3.63) is 59.4 Å². The Morgan fingerprint density at radius 2 is 1.92 bits per heavy atom. The van der Waals surface area contributed by atoms with E-state index in [4.69, 9.17) is 0 Å². The van der Waals surface area contributed by atoms with Crippen LogP contribution in [-0.2, 0) is 0 Å². The molecule has 1 aromatic carbocycles. The van der Waals surface area contributed by atoms with Crippen molar-refractivity contribution >= 4 is 11.6 Å². The van der Waals surface area contributed by atoms with E-state index in [0.29, 0.717) is 22.7 Å². The summed E-state index contributed by atoms with van der Waals surface area (Å²) in [7, 11) is 0. The van der Waals surface area contributed by atoms with Crippen LogP contribution in [0.4, 0.5) is 4.39 Å². The van der Waals surface area contributed by atoms with Gasteiger partial charge in [0.1, 0.15) is 11.4 Å². The normalized spacial score (nSPS) is 15.2. The first-order valence-electron chi connectivity index (χ1n) is 8.01. The largest absolute Gasteiger partial charge is 0.508 e. The number of phenols is 1. The number of ketones is 1. The van der Waals surface area contributed by atoms with E-state index in [1.54, 1.807) is 12.1 Å². The standard InChI is InChI=1S/C18H16FN3O2/c19-13-9-20-18-21-15(11-3-1-2-4-11)16(22(18)10-13)17(24)12-5-7-14(23)8-6-12/h5-11,23H,1-4H2. The lowest BCUT2D eigenvalue weighted by atomic mass is 9.98. The number of carbonyl (C=O) groups excluding carboxylic acids is 1. The summed E-state index contributed by atoms with van der Waals surface area (Å²) in [5.74, 6) is -0.130. The predicted molar refractivity (Wildman–Crippen MR) is 85.7 cm³/mol. The fraction of sp³-hybridized carbons (Fsp3) is 0.278. The molecule has 24 heavy (non-hydrogen) atoms. The number of aromatic hydroxyl groups is 1. The number of halogens is 1. The van der Waals surface area contributed by atoms with Gasteiger partial charge in [0.2, 0.25) is 11.6 Å². The van der Waals surface area contributed by atoms with Crippen LogP contribution < -0.4 is 0 Å². The fourth-order valence-corrected chi connectivity index (χ4v) is 3.39. The van der Waals surface area contributed by atoms with Crippen molar-refractivity contribution in [3.8, 4) is 5.75 Å². The third kappa shape index (κ3) is 2.44. The molecular formula is C18H16FN3O2. The Balaban J connectivity index is 1.90. The van der Waals surface area contributed by atoms with Crippen LogP contribution >= 0.6 is 0 Å². The number of benzene rings is 1. The molecule has 4 rings (SSSR count).